The molecule has 0 aliphatic rings. The molecular weight excluding hydrogens is 266 g/mol. The number of halogens is 1. The second-order valence-corrected chi connectivity index (χ2v) is 6.15. The van der Waals surface area contributed by atoms with E-state index in [2.05, 4.69) is 43.3 Å². The maximum Gasteiger partial charge on any atom is 0.0766 e. The van der Waals surface area contributed by atoms with Crippen molar-refractivity contribution in [3.05, 3.63) is 47.0 Å². The molecule has 0 spiro atoms. The van der Waals surface area contributed by atoms with E-state index < -0.39 is 5.41 Å². The number of benzene rings is 1. The quantitative estimate of drug-likeness (QED) is 0.503. The molecule has 1 nitrogen and oxygen atoms in total. The van der Waals surface area contributed by atoms with Gasteiger partial charge in [-0.1, -0.05) is 30.4 Å². The first kappa shape index (κ1) is 16.8. The Labute approximate surface area is 128 Å². The van der Waals surface area contributed by atoms with Gasteiger partial charge in [0.05, 0.1) is 11.5 Å². The molecule has 20 heavy (non-hydrogen) atoms. The summed E-state index contributed by atoms with van der Waals surface area (Å²) in [6.45, 7) is 8.11. The minimum atomic E-state index is -0.449. The summed E-state index contributed by atoms with van der Waals surface area (Å²) in [5, 5.41) is 9.31. The average Bonchev–Trinajstić information content (AvgIpc) is 2.44. The van der Waals surface area contributed by atoms with Crippen LogP contribution in [0.15, 0.2) is 30.4 Å². The van der Waals surface area contributed by atoms with Crippen molar-refractivity contribution in [2.45, 2.75) is 51.9 Å². The first-order valence-electron chi connectivity index (χ1n) is 7.17. The Bertz CT molecular complexity index is 509. The standard InChI is InChI=1S/C18H24ClN/c1-5-7-15(8-6-11-19)17-12-16(10-9-14(17)2)18(3,4)13-20/h5,7,9-10,12,15H,6,8,11H2,1-4H3/b7-5-. The molecule has 0 heterocycles. The van der Waals surface area contributed by atoms with Gasteiger partial charge in [0.15, 0.2) is 0 Å². The Morgan fingerprint density at radius 3 is 2.65 bits per heavy atom. The van der Waals surface area contributed by atoms with Crippen LogP contribution in [0.4, 0.5) is 0 Å². The van der Waals surface area contributed by atoms with Crippen molar-refractivity contribution < 1.29 is 0 Å². The Morgan fingerprint density at radius 2 is 2.10 bits per heavy atom. The van der Waals surface area contributed by atoms with Crippen LogP contribution in [0.1, 0.15) is 56.2 Å². The zero-order valence-electron chi connectivity index (χ0n) is 12.9. The molecular formula is C18H24ClN. The predicted octanol–water partition coefficient (Wildman–Crippen LogP) is 5.47. The summed E-state index contributed by atoms with van der Waals surface area (Å²) in [5.41, 5.74) is 3.23. The number of nitrogens with zero attached hydrogens (tertiary/aromatic N) is 1. The molecule has 1 atom stereocenters. The smallest absolute Gasteiger partial charge is 0.0766 e. The first-order valence-corrected chi connectivity index (χ1v) is 7.70. The summed E-state index contributed by atoms with van der Waals surface area (Å²) in [5.74, 6) is 1.07. The lowest BCUT2D eigenvalue weighted by atomic mass is 9.81. The number of nitriles is 1. The molecule has 1 unspecified atom stereocenters. The lowest BCUT2D eigenvalue weighted by Gasteiger charge is -2.21. The van der Waals surface area contributed by atoms with E-state index in [1.54, 1.807) is 0 Å². The fourth-order valence-electron chi connectivity index (χ4n) is 2.38. The molecule has 1 rings (SSSR count). The van der Waals surface area contributed by atoms with E-state index in [0.717, 1.165) is 18.4 Å². The third-order valence-electron chi connectivity index (χ3n) is 3.75. The second-order valence-electron chi connectivity index (χ2n) is 5.77. The van der Waals surface area contributed by atoms with Crippen LogP contribution in [0.2, 0.25) is 0 Å². The summed E-state index contributed by atoms with van der Waals surface area (Å²) >= 11 is 5.83. The normalized spacial score (nSPS) is 13.4. The number of rotatable bonds is 6. The highest BCUT2D eigenvalue weighted by Crippen LogP contribution is 2.31. The number of aryl methyl sites for hydroxylation is 1. The topological polar surface area (TPSA) is 23.8 Å². The highest BCUT2D eigenvalue weighted by Gasteiger charge is 2.21. The molecule has 0 saturated heterocycles. The van der Waals surface area contributed by atoms with Crippen molar-refractivity contribution in [1.82, 2.24) is 0 Å². The summed E-state index contributed by atoms with van der Waals surface area (Å²) in [4.78, 5) is 0. The first-order chi connectivity index (χ1) is 9.46. The molecule has 0 amide bonds. The van der Waals surface area contributed by atoms with Gasteiger partial charge in [-0.15, -0.1) is 11.6 Å². The van der Waals surface area contributed by atoms with Gasteiger partial charge in [-0.05, 0) is 57.2 Å². The number of alkyl halides is 1. The summed E-state index contributed by atoms with van der Waals surface area (Å²) in [6.07, 6.45) is 6.38. The van der Waals surface area contributed by atoms with Crippen LogP contribution in [-0.4, -0.2) is 5.88 Å². The predicted molar refractivity (Wildman–Crippen MR) is 87.3 cm³/mol. The molecule has 0 saturated carbocycles. The number of allylic oxidation sites excluding steroid dienone is 2. The van der Waals surface area contributed by atoms with Crippen molar-refractivity contribution >= 4 is 11.6 Å². The van der Waals surface area contributed by atoms with Crippen LogP contribution in [0.5, 0.6) is 0 Å². The van der Waals surface area contributed by atoms with Gasteiger partial charge in [0, 0.05) is 11.8 Å². The number of hydrogen-bond donors (Lipinski definition) is 0. The van der Waals surface area contributed by atoms with E-state index in [-0.39, 0.29) is 0 Å². The van der Waals surface area contributed by atoms with Crippen molar-refractivity contribution in [3.63, 3.8) is 0 Å². The highest BCUT2D eigenvalue weighted by atomic mass is 35.5. The molecule has 0 N–H and O–H groups in total. The largest absolute Gasteiger partial charge is 0.197 e. The Morgan fingerprint density at radius 1 is 1.40 bits per heavy atom. The number of hydrogen-bond acceptors (Lipinski definition) is 1. The Kier molecular flexibility index (Phi) is 6.30. The average molecular weight is 290 g/mol. The van der Waals surface area contributed by atoms with Gasteiger partial charge < -0.3 is 0 Å². The summed E-state index contributed by atoms with van der Waals surface area (Å²) < 4.78 is 0. The molecule has 0 aliphatic carbocycles. The van der Waals surface area contributed by atoms with Gasteiger partial charge in [0.25, 0.3) is 0 Å². The van der Waals surface area contributed by atoms with Crippen LogP contribution in [0.25, 0.3) is 0 Å². The molecule has 0 fully saturated rings. The maximum atomic E-state index is 9.31. The third kappa shape index (κ3) is 4.12. The van der Waals surface area contributed by atoms with Gasteiger partial charge in [-0.25, -0.2) is 0 Å². The van der Waals surface area contributed by atoms with E-state index in [1.807, 2.05) is 20.8 Å². The molecule has 0 radical (unpaired) electrons. The SMILES string of the molecule is C/C=C\C(CCCCl)c1cc(C(C)(C)C#N)ccc1C. The van der Waals surface area contributed by atoms with Crippen molar-refractivity contribution in [2.75, 3.05) is 5.88 Å². The molecule has 1 aromatic rings. The highest BCUT2D eigenvalue weighted by molar-refractivity contribution is 6.17. The lowest BCUT2D eigenvalue weighted by molar-refractivity contribution is 0.675. The third-order valence-corrected chi connectivity index (χ3v) is 4.02. The minimum absolute atomic E-state index is 0.383. The fourth-order valence-corrected chi connectivity index (χ4v) is 2.53. The van der Waals surface area contributed by atoms with Gasteiger partial charge in [-0.2, -0.15) is 5.26 Å². The molecule has 2 heteroatoms. The molecule has 0 aliphatic heterocycles. The van der Waals surface area contributed by atoms with E-state index in [4.69, 9.17) is 11.6 Å². The van der Waals surface area contributed by atoms with Crippen molar-refractivity contribution in [2.24, 2.45) is 0 Å². The summed E-state index contributed by atoms with van der Waals surface area (Å²) in [7, 11) is 0. The van der Waals surface area contributed by atoms with Crippen molar-refractivity contribution in [1.29, 1.82) is 5.26 Å². The van der Waals surface area contributed by atoms with E-state index in [0.29, 0.717) is 11.8 Å². The zero-order chi connectivity index (χ0) is 15.2. The van der Waals surface area contributed by atoms with Crippen LogP contribution in [0, 0.1) is 18.3 Å². The summed E-state index contributed by atoms with van der Waals surface area (Å²) in [6, 6.07) is 8.76. The van der Waals surface area contributed by atoms with Crippen LogP contribution < -0.4 is 0 Å². The van der Waals surface area contributed by atoms with E-state index in [1.165, 1.54) is 11.1 Å². The molecule has 1 aromatic carbocycles. The van der Waals surface area contributed by atoms with Gasteiger partial charge in [0.2, 0.25) is 0 Å². The van der Waals surface area contributed by atoms with Gasteiger partial charge >= 0.3 is 0 Å². The maximum absolute atomic E-state index is 9.31. The zero-order valence-corrected chi connectivity index (χ0v) is 13.7. The van der Waals surface area contributed by atoms with Gasteiger partial charge in [-0.3, -0.25) is 0 Å². The van der Waals surface area contributed by atoms with Crippen LogP contribution >= 0.6 is 11.6 Å². The molecule has 108 valence electrons. The van der Waals surface area contributed by atoms with Crippen LogP contribution in [0.3, 0.4) is 0 Å². The second kappa shape index (κ2) is 7.50. The van der Waals surface area contributed by atoms with E-state index in [9.17, 15) is 5.26 Å². The van der Waals surface area contributed by atoms with Crippen LogP contribution in [-0.2, 0) is 5.41 Å². The van der Waals surface area contributed by atoms with Gasteiger partial charge in [0.1, 0.15) is 0 Å². The monoisotopic (exact) mass is 289 g/mol. The molecule has 0 aromatic heterocycles. The Hall–Kier alpha value is -1.26. The lowest BCUT2D eigenvalue weighted by Crippen LogP contribution is -2.15. The fraction of sp³-hybridized carbons (Fsp3) is 0.500. The minimum Gasteiger partial charge on any atom is -0.197 e. The van der Waals surface area contributed by atoms with E-state index >= 15 is 0 Å². The molecule has 0 bridgehead atoms. The van der Waals surface area contributed by atoms with Crippen molar-refractivity contribution in [3.8, 4) is 6.07 Å². The Balaban J connectivity index is 3.21.